The SMILES string of the molecule is CN(c1ccc(CC#N)cc1)S(=O)(=O)c1cc(Cl)ccc1Cl. The molecule has 0 unspecified atom stereocenters. The quantitative estimate of drug-likeness (QED) is 0.836. The van der Waals surface area contributed by atoms with E-state index < -0.39 is 10.0 Å². The third-order valence-electron chi connectivity index (χ3n) is 3.11. The molecule has 0 aliphatic heterocycles. The van der Waals surface area contributed by atoms with Crippen molar-refractivity contribution in [3.63, 3.8) is 0 Å². The average Bonchev–Trinajstić information content (AvgIpc) is 2.50. The maximum absolute atomic E-state index is 12.6. The third-order valence-corrected chi connectivity index (χ3v) is 5.62. The fourth-order valence-corrected chi connectivity index (χ4v) is 3.81. The predicted octanol–water partition coefficient (Wildman–Crippen LogP) is 3.88. The van der Waals surface area contributed by atoms with Gasteiger partial charge in [0.05, 0.1) is 23.2 Å². The Kier molecular flexibility index (Phi) is 4.97. The van der Waals surface area contributed by atoms with Crippen LogP contribution in [0.5, 0.6) is 0 Å². The van der Waals surface area contributed by atoms with E-state index in [4.69, 9.17) is 28.5 Å². The Morgan fingerprint density at radius 1 is 1.14 bits per heavy atom. The minimum atomic E-state index is -3.82. The summed E-state index contributed by atoms with van der Waals surface area (Å²) in [6.07, 6.45) is 0.275. The molecule has 0 spiro atoms. The van der Waals surface area contributed by atoms with Crippen molar-refractivity contribution in [3.05, 3.63) is 58.1 Å². The lowest BCUT2D eigenvalue weighted by Gasteiger charge is -2.20. The van der Waals surface area contributed by atoms with Gasteiger partial charge in [-0.25, -0.2) is 8.42 Å². The number of benzene rings is 2. The standard InChI is InChI=1S/C15H12Cl2N2O2S/c1-19(13-5-2-11(3-6-13)8-9-18)22(20,21)15-10-12(16)4-7-14(15)17/h2-7,10H,8H2,1H3. The van der Waals surface area contributed by atoms with Crippen LogP contribution in [-0.2, 0) is 16.4 Å². The number of hydrogen-bond acceptors (Lipinski definition) is 3. The summed E-state index contributed by atoms with van der Waals surface area (Å²) in [5, 5.41) is 9.05. The van der Waals surface area contributed by atoms with Crippen molar-refractivity contribution < 1.29 is 8.42 Å². The molecule has 22 heavy (non-hydrogen) atoms. The van der Waals surface area contributed by atoms with E-state index in [1.54, 1.807) is 24.3 Å². The molecule has 0 saturated carbocycles. The normalized spacial score (nSPS) is 11.0. The lowest BCUT2D eigenvalue weighted by molar-refractivity contribution is 0.594. The molecule has 4 nitrogen and oxygen atoms in total. The lowest BCUT2D eigenvalue weighted by Crippen LogP contribution is -2.26. The number of nitriles is 1. The van der Waals surface area contributed by atoms with E-state index in [1.807, 2.05) is 6.07 Å². The maximum Gasteiger partial charge on any atom is 0.265 e. The Bertz CT molecular complexity index is 828. The molecule has 7 heteroatoms. The van der Waals surface area contributed by atoms with Gasteiger partial charge in [-0.15, -0.1) is 0 Å². The molecule has 0 heterocycles. The van der Waals surface area contributed by atoms with E-state index >= 15 is 0 Å². The van der Waals surface area contributed by atoms with Crippen LogP contribution >= 0.6 is 23.2 Å². The molecule has 0 aliphatic carbocycles. The second kappa shape index (κ2) is 6.57. The van der Waals surface area contributed by atoms with Crippen LogP contribution in [0.3, 0.4) is 0 Å². The molecule has 0 fully saturated rings. The van der Waals surface area contributed by atoms with Gasteiger partial charge < -0.3 is 0 Å². The van der Waals surface area contributed by atoms with Gasteiger partial charge >= 0.3 is 0 Å². The van der Waals surface area contributed by atoms with Crippen LogP contribution in [0, 0.1) is 11.3 Å². The topological polar surface area (TPSA) is 61.2 Å². The van der Waals surface area contributed by atoms with Crippen LogP contribution < -0.4 is 4.31 Å². The Hall–Kier alpha value is -1.74. The highest BCUT2D eigenvalue weighted by molar-refractivity contribution is 7.93. The summed E-state index contributed by atoms with van der Waals surface area (Å²) in [7, 11) is -2.38. The van der Waals surface area contributed by atoms with E-state index in [1.165, 1.54) is 25.2 Å². The van der Waals surface area contributed by atoms with E-state index in [0.29, 0.717) is 10.7 Å². The molecule has 2 aromatic rings. The van der Waals surface area contributed by atoms with E-state index in [9.17, 15) is 8.42 Å². The zero-order chi connectivity index (χ0) is 16.3. The Labute approximate surface area is 139 Å². The summed E-state index contributed by atoms with van der Waals surface area (Å²) in [6.45, 7) is 0. The summed E-state index contributed by atoms with van der Waals surface area (Å²) in [6, 6.07) is 13.0. The van der Waals surface area contributed by atoms with E-state index in [-0.39, 0.29) is 16.3 Å². The number of sulfonamides is 1. The van der Waals surface area contributed by atoms with Crippen LogP contribution in [0.25, 0.3) is 0 Å². The summed E-state index contributed by atoms with van der Waals surface area (Å²) in [5.41, 5.74) is 1.29. The molecule has 0 saturated heterocycles. The molecule has 2 rings (SSSR count). The van der Waals surface area contributed by atoms with Crippen molar-refractivity contribution in [2.75, 3.05) is 11.4 Å². The molecule has 0 N–H and O–H groups in total. The largest absolute Gasteiger partial charge is 0.269 e. The van der Waals surface area contributed by atoms with Crippen molar-refractivity contribution in [1.29, 1.82) is 5.26 Å². The lowest BCUT2D eigenvalue weighted by atomic mass is 10.1. The number of halogens is 2. The average molecular weight is 355 g/mol. The summed E-state index contributed by atoms with van der Waals surface area (Å²) < 4.78 is 26.4. The molecule has 0 amide bonds. The molecular weight excluding hydrogens is 343 g/mol. The zero-order valence-electron chi connectivity index (χ0n) is 11.6. The van der Waals surface area contributed by atoms with Crippen molar-refractivity contribution in [1.82, 2.24) is 0 Å². The van der Waals surface area contributed by atoms with E-state index in [0.717, 1.165) is 9.87 Å². The Morgan fingerprint density at radius 3 is 2.36 bits per heavy atom. The summed E-state index contributed by atoms with van der Waals surface area (Å²) in [5.74, 6) is 0. The molecule has 0 aromatic heterocycles. The second-order valence-corrected chi connectivity index (χ2v) is 7.33. The molecule has 0 bridgehead atoms. The van der Waals surface area contributed by atoms with Crippen molar-refractivity contribution >= 4 is 38.9 Å². The first-order valence-electron chi connectivity index (χ1n) is 6.26. The molecule has 0 radical (unpaired) electrons. The maximum atomic E-state index is 12.6. The van der Waals surface area contributed by atoms with Gasteiger partial charge in [-0.2, -0.15) is 5.26 Å². The summed E-state index contributed by atoms with van der Waals surface area (Å²) >= 11 is 11.8. The zero-order valence-corrected chi connectivity index (χ0v) is 14.0. The number of rotatable bonds is 4. The van der Waals surface area contributed by atoms with Gasteiger partial charge in [0.1, 0.15) is 4.90 Å². The highest BCUT2D eigenvalue weighted by atomic mass is 35.5. The third kappa shape index (κ3) is 3.36. The first kappa shape index (κ1) is 16.6. The van der Waals surface area contributed by atoms with Gasteiger partial charge in [0.15, 0.2) is 0 Å². The van der Waals surface area contributed by atoms with Crippen molar-refractivity contribution in [2.45, 2.75) is 11.3 Å². The van der Waals surface area contributed by atoms with E-state index in [2.05, 4.69) is 0 Å². The number of anilines is 1. The minimum absolute atomic E-state index is 0.0507. The fourth-order valence-electron chi connectivity index (χ4n) is 1.88. The number of nitrogens with zero attached hydrogens (tertiary/aromatic N) is 2. The van der Waals surface area contributed by atoms with Crippen LogP contribution in [0.15, 0.2) is 47.4 Å². The molecule has 0 aliphatic rings. The highest BCUT2D eigenvalue weighted by Gasteiger charge is 2.24. The predicted molar refractivity (Wildman–Crippen MR) is 87.8 cm³/mol. The first-order chi connectivity index (χ1) is 10.4. The van der Waals surface area contributed by atoms with Crippen LogP contribution in [0.2, 0.25) is 10.0 Å². The molecule has 0 atom stereocenters. The van der Waals surface area contributed by atoms with Gasteiger partial charge in [-0.05, 0) is 35.9 Å². The molecule has 2 aromatic carbocycles. The Balaban J connectivity index is 2.40. The highest BCUT2D eigenvalue weighted by Crippen LogP contribution is 2.29. The first-order valence-corrected chi connectivity index (χ1v) is 8.45. The van der Waals surface area contributed by atoms with Crippen LogP contribution in [0.1, 0.15) is 5.56 Å². The fraction of sp³-hybridized carbons (Fsp3) is 0.133. The van der Waals surface area contributed by atoms with Gasteiger partial charge in [-0.1, -0.05) is 35.3 Å². The van der Waals surface area contributed by atoms with Crippen molar-refractivity contribution in [3.8, 4) is 6.07 Å². The van der Waals surface area contributed by atoms with Crippen LogP contribution in [-0.4, -0.2) is 15.5 Å². The van der Waals surface area contributed by atoms with Gasteiger partial charge in [0.25, 0.3) is 10.0 Å². The molecular formula is C15H12Cl2N2O2S. The van der Waals surface area contributed by atoms with Crippen molar-refractivity contribution in [2.24, 2.45) is 0 Å². The Morgan fingerprint density at radius 2 is 1.77 bits per heavy atom. The summed E-state index contributed by atoms with van der Waals surface area (Å²) in [4.78, 5) is -0.0507. The van der Waals surface area contributed by atoms with Crippen LogP contribution in [0.4, 0.5) is 5.69 Å². The molecule has 114 valence electrons. The van der Waals surface area contributed by atoms with Gasteiger partial charge in [-0.3, -0.25) is 4.31 Å². The monoisotopic (exact) mass is 354 g/mol. The van der Waals surface area contributed by atoms with Gasteiger partial charge in [0, 0.05) is 12.1 Å². The minimum Gasteiger partial charge on any atom is -0.269 e. The number of hydrogen-bond donors (Lipinski definition) is 0. The smallest absolute Gasteiger partial charge is 0.265 e. The van der Waals surface area contributed by atoms with Gasteiger partial charge in [0.2, 0.25) is 0 Å². The second-order valence-electron chi connectivity index (χ2n) is 4.55.